The van der Waals surface area contributed by atoms with Crippen molar-refractivity contribution in [1.29, 1.82) is 0 Å². The van der Waals surface area contributed by atoms with E-state index in [0.717, 1.165) is 11.0 Å². The Labute approximate surface area is 148 Å². The summed E-state index contributed by atoms with van der Waals surface area (Å²) in [4.78, 5) is 13.3. The van der Waals surface area contributed by atoms with Crippen molar-refractivity contribution in [3.05, 3.63) is 72.8 Å². The smallest absolute Gasteiger partial charge is 0.417 e. The molecule has 4 aromatic rings. The van der Waals surface area contributed by atoms with E-state index in [4.69, 9.17) is 4.74 Å². The van der Waals surface area contributed by atoms with E-state index in [2.05, 4.69) is 15.5 Å². The normalized spacial score (nSPS) is 10.6. The molecule has 0 aliphatic rings. The Morgan fingerprint density at radius 3 is 2.23 bits per heavy atom. The molecule has 3 aromatic carbocycles. The van der Waals surface area contributed by atoms with Gasteiger partial charge in [0.05, 0.1) is 0 Å². The van der Waals surface area contributed by atoms with Crippen LogP contribution in [0.15, 0.2) is 72.8 Å². The van der Waals surface area contributed by atoms with E-state index in [1.807, 2.05) is 30.3 Å². The highest BCUT2D eigenvalue weighted by Crippen LogP contribution is 2.27. The van der Waals surface area contributed by atoms with Gasteiger partial charge in [-0.2, -0.15) is 0 Å². The van der Waals surface area contributed by atoms with E-state index < -0.39 is 6.09 Å². The van der Waals surface area contributed by atoms with Crippen molar-refractivity contribution in [3.63, 3.8) is 0 Å². The van der Waals surface area contributed by atoms with E-state index in [-0.39, 0.29) is 11.5 Å². The molecule has 0 saturated carbocycles. The molecule has 0 radical (unpaired) electrons. The zero-order valence-corrected chi connectivity index (χ0v) is 13.5. The summed E-state index contributed by atoms with van der Waals surface area (Å²) in [5.41, 5.74) is 2.44. The molecular formula is C19H14N4O3. The molecule has 0 fully saturated rings. The molecule has 0 bridgehead atoms. The zero-order valence-electron chi connectivity index (χ0n) is 13.5. The third-order valence-electron chi connectivity index (χ3n) is 3.68. The Balaban J connectivity index is 1.53. The molecule has 0 aliphatic carbocycles. The Hall–Kier alpha value is -3.87. The summed E-state index contributed by atoms with van der Waals surface area (Å²) >= 11 is 0. The number of hydrogen-bond acceptors (Lipinski definition) is 5. The van der Waals surface area contributed by atoms with Gasteiger partial charge in [0, 0.05) is 11.8 Å². The minimum Gasteiger partial charge on any atom is -0.505 e. The lowest BCUT2D eigenvalue weighted by Crippen LogP contribution is -2.16. The summed E-state index contributed by atoms with van der Waals surface area (Å²) in [6.07, 6.45) is -0.647. The maximum atomic E-state index is 11.9. The maximum absolute atomic E-state index is 11.9. The second-order valence-electron chi connectivity index (χ2n) is 5.51. The fraction of sp³-hybridized carbons (Fsp3) is 0. The quantitative estimate of drug-likeness (QED) is 0.590. The van der Waals surface area contributed by atoms with Gasteiger partial charge >= 0.3 is 6.09 Å². The van der Waals surface area contributed by atoms with Gasteiger partial charge in [0.2, 0.25) is 0 Å². The number of nitrogens with one attached hydrogen (secondary N) is 1. The molecule has 0 unspecified atom stereocenters. The van der Waals surface area contributed by atoms with Crippen molar-refractivity contribution in [1.82, 2.24) is 15.0 Å². The first-order valence-corrected chi connectivity index (χ1v) is 7.88. The zero-order chi connectivity index (χ0) is 17.9. The first-order valence-electron chi connectivity index (χ1n) is 7.88. The van der Waals surface area contributed by atoms with Gasteiger partial charge in [-0.1, -0.05) is 30.3 Å². The van der Waals surface area contributed by atoms with E-state index in [9.17, 15) is 9.90 Å². The monoisotopic (exact) mass is 346 g/mol. The van der Waals surface area contributed by atoms with Crippen LogP contribution in [0.5, 0.6) is 11.5 Å². The predicted octanol–water partition coefficient (Wildman–Crippen LogP) is 3.74. The third-order valence-corrected chi connectivity index (χ3v) is 3.68. The largest absolute Gasteiger partial charge is 0.505 e. The van der Waals surface area contributed by atoms with Gasteiger partial charge < -0.3 is 9.84 Å². The Kier molecular flexibility index (Phi) is 3.95. The molecule has 0 saturated heterocycles. The standard InChI is InChI=1S/C19H14N4O3/c24-18-12-14(26-19(25)20-13-6-2-1-3-7-13)10-11-17(18)23-21-15-8-4-5-9-16(15)22-23/h1-12,24H,(H,20,25). The number of anilines is 1. The second kappa shape index (κ2) is 6.56. The van der Waals surface area contributed by atoms with Crippen molar-refractivity contribution < 1.29 is 14.6 Å². The van der Waals surface area contributed by atoms with Crippen LogP contribution in [0.1, 0.15) is 0 Å². The average molecular weight is 346 g/mol. The van der Waals surface area contributed by atoms with Gasteiger partial charge in [-0.05, 0) is 36.4 Å². The summed E-state index contributed by atoms with van der Waals surface area (Å²) in [5, 5.41) is 21.5. The third kappa shape index (κ3) is 3.18. The van der Waals surface area contributed by atoms with E-state index in [1.54, 1.807) is 36.4 Å². The first kappa shape index (κ1) is 15.6. The number of phenolic OH excluding ortho intramolecular Hbond substituents is 1. The van der Waals surface area contributed by atoms with E-state index in [1.165, 1.54) is 10.9 Å². The van der Waals surface area contributed by atoms with Crippen molar-refractivity contribution in [2.45, 2.75) is 0 Å². The van der Waals surface area contributed by atoms with Gasteiger partial charge in [-0.15, -0.1) is 15.0 Å². The van der Waals surface area contributed by atoms with E-state index in [0.29, 0.717) is 11.4 Å². The van der Waals surface area contributed by atoms with Gasteiger partial charge in [-0.3, -0.25) is 5.32 Å². The molecule has 0 aliphatic heterocycles. The number of aromatic hydroxyl groups is 1. The highest BCUT2D eigenvalue weighted by molar-refractivity contribution is 5.86. The lowest BCUT2D eigenvalue weighted by molar-refractivity contribution is 0.215. The molecule has 128 valence electrons. The molecule has 0 spiro atoms. The molecule has 0 atom stereocenters. The summed E-state index contributed by atoms with van der Waals surface area (Å²) in [6, 6.07) is 20.8. The highest BCUT2D eigenvalue weighted by Gasteiger charge is 2.12. The van der Waals surface area contributed by atoms with Gasteiger partial charge in [0.25, 0.3) is 0 Å². The molecule has 7 heteroatoms. The van der Waals surface area contributed by atoms with Crippen molar-refractivity contribution in [2.24, 2.45) is 0 Å². The Bertz CT molecular complexity index is 1040. The molecule has 4 rings (SSSR count). The minimum absolute atomic E-state index is 0.102. The maximum Gasteiger partial charge on any atom is 0.417 e. The number of rotatable bonds is 3. The molecule has 2 N–H and O–H groups in total. The number of benzene rings is 3. The van der Waals surface area contributed by atoms with Crippen LogP contribution in [0, 0.1) is 0 Å². The number of ether oxygens (including phenoxy) is 1. The van der Waals surface area contributed by atoms with Crippen LogP contribution in [0.3, 0.4) is 0 Å². The minimum atomic E-state index is -0.647. The molecular weight excluding hydrogens is 332 g/mol. The van der Waals surface area contributed by atoms with Crippen LogP contribution in [-0.4, -0.2) is 26.2 Å². The molecule has 26 heavy (non-hydrogen) atoms. The SMILES string of the molecule is O=C(Nc1ccccc1)Oc1ccc(-n2nc3ccccc3n2)c(O)c1. The number of hydrogen-bond donors (Lipinski definition) is 2. The summed E-state index contributed by atoms with van der Waals surface area (Å²) in [5.74, 6) is 0.103. The summed E-state index contributed by atoms with van der Waals surface area (Å²) in [7, 11) is 0. The number of amides is 1. The molecule has 7 nitrogen and oxygen atoms in total. The Morgan fingerprint density at radius 2 is 1.58 bits per heavy atom. The molecule has 1 aromatic heterocycles. The lowest BCUT2D eigenvalue weighted by Gasteiger charge is -2.08. The number of para-hydroxylation sites is 1. The van der Waals surface area contributed by atoms with Crippen molar-refractivity contribution in [3.8, 4) is 17.2 Å². The molecule has 1 heterocycles. The fourth-order valence-corrected chi connectivity index (χ4v) is 2.48. The van der Waals surface area contributed by atoms with Crippen molar-refractivity contribution >= 4 is 22.8 Å². The first-order chi connectivity index (χ1) is 12.7. The Morgan fingerprint density at radius 1 is 0.923 bits per heavy atom. The van der Waals surface area contributed by atoms with Crippen LogP contribution < -0.4 is 10.1 Å². The van der Waals surface area contributed by atoms with E-state index >= 15 is 0 Å². The number of aromatic nitrogens is 3. The van der Waals surface area contributed by atoms with Crippen LogP contribution in [0.2, 0.25) is 0 Å². The van der Waals surface area contributed by atoms with Crippen molar-refractivity contribution in [2.75, 3.05) is 5.32 Å². The van der Waals surface area contributed by atoms with Crippen LogP contribution in [0.4, 0.5) is 10.5 Å². The number of fused-ring (bicyclic) bond motifs is 1. The predicted molar refractivity (Wildman–Crippen MR) is 96.6 cm³/mol. The summed E-state index contributed by atoms with van der Waals surface area (Å²) < 4.78 is 5.19. The number of phenols is 1. The molecule has 1 amide bonds. The number of carbonyl (C=O) groups excluding carboxylic acids is 1. The van der Waals surface area contributed by atoms with Crippen LogP contribution in [-0.2, 0) is 0 Å². The fourth-order valence-electron chi connectivity index (χ4n) is 2.48. The van der Waals surface area contributed by atoms with Crippen LogP contribution in [0.25, 0.3) is 16.7 Å². The van der Waals surface area contributed by atoms with Gasteiger partial charge in [0.1, 0.15) is 28.2 Å². The second-order valence-corrected chi connectivity index (χ2v) is 5.51. The lowest BCUT2D eigenvalue weighted by atomic mass is 10.3. The number of nitrogens with zero attached hydrogens (tertiary/aromatic N) is 3. The average Bonchev–Trinajstić information content (AvgIpc) is 3.06. The highest BCUT2D eigenvalue weighted by atomic mass is 16.6. The number of carbonyl (C=O) groups is 1. The van der Waals surface area contributed by atoms with Gasteiger partial charge in [-0.25, -0.2) is 4.79 Å². The van der Waals surface area contributed by atoms with Gasteiger partial charge in [0.15, 0.2) is 0 Å². The van der Waals surface area contributed by atoms with Crippen LogP contribution >= 0.6 is 0 Å². The topological polar surface area (TPSA) is 89.3 Å². The summed E-state index contributed by atoms with van der Waals surface area (Å²) in [6.45, 7) is 0.